The summed E-state index contributed by atoms with van der Waals surface area (Å²) in [5.74, 6) is -0.122. The predicted molar refractivity (Wildman–Crippen MR) is 79.9 cm³/mol. The molecule has 0 fully saturated rings. The maximum atomic E-state index is 12.4. The summed E-state index contributed by atoms with van der Waals surface area (Å²) in [5.41, 5.74) is 0.744. The van der Waals surface area contributed by atoms with Gasteiger partial charge in [0.15, 0.2) is 0 Å². The normalized spacial score (nSPS) is 10.8. The number of thiophene rings is 1. The average molecular weight is 269 g/mol. The molecule has 3 aromatic rings. The molecule has 4 heteroatoms. The van der Waals surface area contributed by atoms with Crippen LogP contribution in [0.15, 0.2) is 46.6 Å². The van der Waals surface area contributed by atoms with E-state index in [1.165, 1.54) is 18.3 Å². The zero-order valence-corrected chi connectivity index (χ0v) is 11.1. The maximum Gasteiger partial charge on any atom is 0.221 e. The van der Waals surface area contributed by atoms with Crippen LogP contribution < -0.4 is 10.7 Å². The Hall–Kier alpha value is -2.20. The van der Waals surface area contributed by atoms with Crippen LogP contribution in [0.25, 0.3) is 20.9 Å². The largest absolute Gasteiger partial charge is 0.326 e. The van der Waals surface area contributed by atoms with E-state index in [-0.39, 0.29) is 11.3 Å². The molecule has 1 N–H and O–H groups in total. The van der Waals surface area contributed by atoms with Gasteiger partial charge < -0.3 is 5.32 Å². The molecule has 1 amide bonds. The van der Waals surface area contributed by atoms with E-state index in [9.17, 15) is 9.59 Å². The number of rotatable bonds is 1. The van der Waals surface area contributed by atoms with Crippen LogP contribution in [-0.4, -0.2) is 5.91 Å². The van der Waals surface area contributed by atoms with Gasteiger partial charge in [-0.25, -0.2) is 0 Å². The van der Waals surface area contributed by atoms with Crippen LogP contribution in [0, 0.1) is 0 Å². The highest BCUT2D eigenvalue weighted by atomic mass is 32.1. The Bertz CT molecular complexity index is 852. The van der Waals surface area contributed by atoms with Crippen molar-refractivity contribution in [1.29, 1.82) is 0 Å². The third kappa shape index (κ3) is 2.11. The molecule has 3 nitrogen and oxygen atoms in total. The molecule has 0 aliphatic rings. The number of carbonyl (C=O) groups is 1. The molecule has 0 bridgehead atoms. The summed E-state index contributed by atoms with van der Waals surface area (Å²) in [4.78, 5) is 23.5. The number of nitrogens with one attached hydrogen (secondary N) is 1. The number of hydrogen-bond acceptors (Lipinski definition) is 3. The standard InChI is InChI=1S/C15H11NO2S/c1-9(17)16-12-4-5-13-11(8-12)3-2-10-6-7-19-15(10)14(13)18/h2-8H,1H3,(H,16,17). The maximum absolute atomic E-state index is 12.4. The van der Waals surface area contributed by atoms with Crippen LogP contribution in [-0.2, 0) is 4.79 Å². The second-order valence-corrected chi connectivity index (χ2v) is 5.27. The third-order valence-electron chi connectivity index (χ3n) is 2.96. The summed E-state index contributed by atoms with van der Waals surface area (Å²) in [6, 6.07) is 11.1. The Morgan fingerprint density at radius 2 is 1.89 bits per heavy atom. The predicted octanol–water partition coefficient (Wildman–Crippen LogP) is 3.37. The summed E-state index contributed by atoms with van der Waals surface area (Å²) in [5, 5.41) is 7.10. The molecule has 0 unspecified atom stereocenters. The van der Waals surface area contributed by atoms with E-state index in [0.29, 0.717) is 11.1 Å². The van der Waals surface area contributed by atoms with Crippen molar-refractivity contribution in [2.24, 2.45) is 0 Å². The molecule has 0 aliphatic heterocycles. The van der Waals surface area contributed by atoms with Gasteiger partial charge >= 0.3 is 0 Å². The lowest BCUT2D eigenvalue weighted by Crippen LogP contribution is -2.05. The number of amides is 1. The quantitative estimate of drug-likeness (QED) is 0.736. The van der Waals surface area contributed by atoms with Gasteiger partial charge in [0.1, 0.15) is 0 Å². The van der Waals surface area contributed by atoms with E-state index in [4.69, 9.17) is 0 Å². The molecule has 0 aliphatic carbocycles. The van der Waals surface area contributed by atoms with Crippen molar-refractivity contribution in [2.75, 3.05) is 5.32 Å². The van der Waals surface area contributed by atoms with E-state index < -0.39 is 0 Å². The Balaban J connectivity index is 2.33. The van der Waals surface area contributed by atoms with Crippen molar-refractivity contribution in [3.63, 3.8) is 0 Å². The minimum atomic E-state index is -0.122. The minimum absolute atomic E-state index is 0.0411. The monoisotopic (exact) mass is 269 g/mol. The van der Waals surface area contributed by atoms with Crippen LogP contribution in [0.4, 0.5) is 5.69 Å². The van der Waals surface area contributed by atoms with Gasteiger partial charge in [-0.05, 0) is 40.4 Å². The lowest BCUT2D eigenvalue weighted by atomic mass is 10.1. The van der Waals surface area contributed by atoms with E-state index in [0.717, 1.165) is 15.5 Å². The first-order valence-corrected chi connectivity index (χ1v) is 6.75. The lowest BCUT2D eigenvalue weighted by Gasteiger charge is -2.01. The van der Waals surface area contributed by atoms with Crippen molar-refractivity contribution in [1.82, 2.24) is 0 Å². The fourth-order valence-electron chi connectivity index (χ4n) is 2.13. The number of fused-ring (bicyclic) bond motifs is 2. The SMILES string of the molecule is CC(=O)Nc1ccc2c(=O)c3sccc3ccc2c1. The van der Waals surface area contributed by atoms with Gasteiger partial charge in [-0.2, -0.15) is 0 Å². The highest BCUT2D eigenvalue weighted by molar-refractivity contribution is 7.17. The molecule has 3 rings (SSSR count). The molecule has 0 spiro atoms. The van der Waals surface area contributed by atoms with Gasteiger partial charge in [0, 0.05) is 18.0 Å². The smallest absolute Gasteiger partial charge is 0.221 e. The molecule has 94 valence electrons. The van der Waals surface area contributed by atoms with Crippen molar-refractivity contribution < 1.29 is 4.79 Å². The van der Waals surface area contributed by atoms with Gasteiger partial charge in [-0.3, -0.25) is 9.59 Å². The zero-order chi connectivity index (χ0) is 13.4. The molecule has 0 atom stereocenters. The first-order valence-electron chi connectivity index (χ1n) is 5.87. The van der Waals surface area contributed by atoms with Crippen LogP contribution in [0.5, 0.6) is 0 Å². The van der Waals surface area contributed by atoms with E-state index in [1.807, 2.05) is 29.6 Å². The van der Waals surface area contributed by atoms with Crippen LogP contribution in [0.2, 0.25) is 0 Å². The minimum Gasteiger partial charge on any atom is -0.326 e. The number of carbonyl (C=O) groups excluding carboxylic acids is 1. The molecule has 1 heterocycles. The molecule has 1 aromatic heterocycles. The van der Waals surface area contributed by atoms with Crippen molar-refractivity contribution in [2.45, 2.75) is 6.92 Å². The fourth-order valence-corrected chi connectivity index (χ4v) is 2.97. The molecular weight excluding hydrogens is 258 g/mol. The molecular formula is C15H11NO2S. The first kappa shape index (κ1) is 11.9. The summed E-state index contributed by atoms with van der Waals surface area (Å²) in [7, 11) is 0. The third-order valence-corrected chi connectivity index (χ3v) is 3.89. The lowest BCUT2D eigenvalue weighted by molar-refractivity contribution is -0.114. The highest BCUT2D eigenvalue weighted by Gasteiger charge is 2.04. The number of anilines is 1. The Morgan fingerprint density at radius 3 is 2.68 bits per heavy atom. The molecule has 19 heavy (non-hydrogen) atoms. The van der Waals surface area contributed by atoms with Crippen LogP contribution >= 0.6 is 11.3 Å². The second-order valence-electron chi connectivity index (χ2n) is 4.35. The summed E-state index contributed by atoms with van der Waals surface area (Å²) in [6.45, 7) is 1.46. The number of hydrogen-bond donors (Lipinski definition) is 1. The average Bonchev–Trinajstić information content (AvgIpc) is 2.79. The van der Waals surface area contributed by atoms with Crippen LogP contribution in [0.3, 0.4) is 0 Å². The van der Waals surface area contributed by atoms with Crippen molar-refractivity contribution >= 4 is 43.8 Å². The summed E-state index contributed by atoms with van der Waals surface area (Å²) < 4.78 is 0.766. The summed E-state index contributed by atoms with van der Waals surface area (Å²) in [6.07, 6.45) is 0. The van der Waals surface area contributed by atoms with Gasteiger partial charge in [0.25, 0.3) is 0 Å². The van der Waals surface area contributed by atoms with Gasteiger partial charge in [0.05, 0.1) is 4.70 Å². The van der Waals surface area contributed by atoms with E-state index >= 15 is 0 Å². The second kappa shape index (κ2) is 4.48. The Labute approximate surface area is 113 Å². The molecule has 0 saturated carbocycles. The Kier molecular flexibility index (Phi) is 2.80. The van der Waals surface area contributed by atoms with E-state index in [1.54, 1.807) is 12.1 Å². The van der Waals surface area contributed by atoms with Gasteiger partial charge in [0.2, 0.25) is 11.3 Å². The highest BCUT2D eigenvalue weighted by Crippen LogP contribution is 2.21. The van der Waals surface area contributed by atoms with Crippen molar-refractivity contribution in [3.8, 4) is 0 Å². The van der Waals surface area contributed by atoms with Crippen molar-refractivity contribution in [3.05, 3.63) is 52.0 Å². The van der Waals surface area contributed by atoms with Crippen LogP contribution in [0.1, 0.15) is 6.92 Å². The fraction of sp³-hybridized carbons (Fsp3) is 0.0667. The molecule has 2 aromatic carbocycles. The Morgan fingerprint density at radius 1 is 1.11 bits per heavy atom. The summed E-state index contributed by atoms with van der Waals surface area (Å²) >= 11 is 1.45. The van der Waals surface area contributed by atoms with E-state index in [2.05, 4.69) is 5.32 Å². The first-order chi connectivity index (χ1) is 9.15. The molecule has 0 saturated heterocycles. The zero-order valence-electron chi connectivity index (χ0n) is 10.3. The van der Waals surface area contributed by atoms with Gasteiger partial charge in [-0.1, -0.05) is 12.1 Å². The van der Waals surface area contributed by atoms with Gasteiger partial charge in [-0.15, -0.1) is 11.3 Å². The molecule has 0 radical (unpaired) electrons. The topological polar surface area (TPSA) is 46.2 Å². The number of benzene rings is 1.